The number of rotatable bonds is 9. The number of aromatic nitrogens is 1. The van der Waals surface area contributed by atoms with E-state index >= 15 is 0 Å². The number of hydrogen-bond acceptors (Lipinski definition) is 6. The molecule has 3 aromatic rings. The highest BCUT2D eigenvalue weighted by Gasteiger charge is 2.33. The Labute approximate surface area is 204 Å². The van der Waals surface area contributed by atoms with Crippen LogP contribution in [0.4, 0.5) is 5.69 Å². The molecule has 182 valence electrons. The molecular formula is C27H29N3O5. The van der Waals surface area contributed by atoms with E-state index in [1.807, 2.05) is 59.5 Å². The Balaban J connectivity index is 1.48. The van der Waals surface area contributed by atoms with Gasteiger partial charge in [-0.1, -0.05) is 30.3 Å². The van der Waals surface area contributed by atoms with Gasteiger partial charge in [-0.15, -0.1) is 0 Å². The lowest BCUT2D eigenvalue weighted by atomic mass is 9.99. The fourth-order valence-electron chi connectivity index (χ4n) is 4.52. The van der Waals surface area contributed by atoms with Gasteiger partial charge in [-0.05, 0) is 48.2 Å². The zero-order valence-corrected chi connectivity index (χ0v) is 19.8. The third-order valence-electron chi connectivity index (χ3n) is 6.26. The maximum absolute atomic E-state index is 13.1. The Bertz CT molecular complexity index is 1140. The number of nitrogens with one attached hydrogen (secondary N) is 1. The molecule has 0 bridgehead atoms. The summed E-state index contributed by atoms with van der Waals surface area (Å²) < 4.78 is 11.0. The molecule has 0 saturated carbocycles. The van der Waals surface area contributed by atoms with Crippen LogP contribution in [0.1, 0.15) is 18.4 Å². The lowest BCUT2D eigenvalue weighted by Gasteiger charge is -2.27. The molecule has 2 atom stereocenters. The lowest BCUT2D eigenvalue weighted by Crippen LogP contribution is -2.50. The standard InChI is InChI=1S/C27H29N3O5/c1-34-23-8-3-9-24(35-2)25(23)19-12-10-18(11-13-19)16-21(27(32)33)29-26(31)22-7-5-15-30(22)20-6-4-14-28-17-20/h3-4,6,8-14,17,21-22H,5,7,15-16H2,1-2H3,(H,29,31)(H,32,33)/t21-,22+/m0/s1. The van der Waals surface area contributed by atoms with Gasteiger partial charge in [-0.2, -0.15) is 0 Å². The van der Waals surface area contributed by atoms with Crippen LogP contribution in [-0.4, -0.2) is 54.8 Å². The molecule has 2 aromatic carbocycles. The largest absolute Gasteiger partial charge is 0.496 e. The van der Waals surface area contributed by atoms with Crippen LogP contribution in [-0.2, 0) is 16.0 Å². The van der Waals surface area contributed by atoms with Crippen molar-refractivity contribution < 1.29 is 24.2 Å². The molecular weight excluding hydrogens is 446 g/mol. The first-order chi connectivity index (χ1) is 17.0. The van der Waals surface area contributed by atoms with Crippen molar-refractivity contribution in [2.45, 2.75) is 31.3 Å². The van der Waals surface area contributed by atoms with Gasteiger partial charge >= 0.3 is 5.97 Å². The van der Waals surface area contributed by atoms with Gasteiger partial charge < -0.3 is 24.8 Å². The first kappa shape index (κ1) is 24.1. The van der Waals surface area contributed by atoms with Crippen LogP contribution in [0.5, 0.6) is 11.5 Å². The van der Waals surface area contributed by atoms with Crippen LogP contribution in [0.3, 0.4) is 0 Å². The molecule has 1 amide bonds. The van der Waals surface area contributed by atoms with E-state index in [9.17, 15) is 14.7 Å². The van der Waals surface area contributed by atoms with Crippen molar-refractivity contribution in [3.05, 3.63) is 72.6 Å². The smallest absolute Gasteiger partial charge is 0.326 e. The number of methoxy groups -OCH3 is 2. The van der Waals surface area contributed by atoms with Gasteiger partial charge in [0.15, 0.2) is 0 Å². The second-order valence-corrected chi connectivity index (χ2v) is 8.40. The fraction of sp³-hybridized carbons (Fsp3) is 0.296. The summed E-state index contributed by atoms with van der Waals surface area (Å²) in [5, 5.41) is 12.6. The summed E-state index contributed by atoms with van der Waals surface area (Å²) in [6.45, 7) is 0.732. The molecule has 1 aromatic heterocycles. The molecule has 2 heterocycles. The zero-order chi connectivity index (χ0) is 24.8. The van der Waals surface area contributed by atoms with Crippen molar-refractivity contribution in [2.75, 3.05) is 25.7 Å². The highest BCUT2D eigenvalue weighted by Crippen LogP contribution is 2.38. The molecule has 0 spiro atoms. The van der Waals surface area contributed by atoms with Gasteiger partial charge in [0.1, 0.15) is 23.6 Å². The average Bonchev–Trinajstić information content (AvgIpc) is 3.39. The highest BCUT2D eigenvalue weighted by molar-refractivity contribution is 5.89. The molecule has 35 heavy (non-hydrogen) atoms. The van der Waals surface area contributed by atoms with Crippen LogP contribution in [0.25, 0.3) is 11.1 Å². The fourth-order valence-corrected chi connectivity index (χ4v) is 4.52. The number of ether oxygens (including phenoxy) is 2. The minimum Gasteiger partial charge on any atom is -0.496 e. The maximum Gasteiger partial charge on any atom is 0.326 e. The van der Waals surface area contributed by atoms with Gasteiger partial charge in [0.25, 0.3) is 0 Å². The Hall–Kier alpha value is -4.07. The average molecular weight is 476 g/mol. The molecule has 0 radical (unpaired) electrons. The number of nitrogens with zero attached hydrogens (tertiary/aromatic N) is 2. The van der Waals surface area contributed by atoms with E-state index in [0.29, 0.717) is 17.9 Å². The van der Waals surface area contributed by atoms with Gasteiger partial charge in [-0.25, -0.2) is 4.79 Å². The van der Waals surface area contributed by atoms with Gasteiger partial charge in [-0.3, -0.25) is 9.78 Å². The van der Waals surface area contributed by atoms with Crippen molar-refractivity contribution in [1.29, 1.82) is 0 Å². The summed E-state index contributed by atoms with van der Waals surface area (Å²) in [5.74, 6) is 0.0129. The SMILES string of the molecule is COc1cccc(OC)c1-c1ccc(C[C@H](NC(=O)[C@H]2CCCN2c2cccnc2)C(=O)O)cc1. The summed E-state index contributed by atoms with van der Waals surface area (Å²) in [7, 11) is 3.21. The van der Waals surface area contributed by atoms with Crippen molar-refractivity contribution in [1.82, 2.24) is 10.3 Å². The number of carbonyl (C=O) groups is 2. The predicted octanol–water partition coefficient (Wildman–Crippen LogP) is 3.55. The van der Waals surface area contributed by atoms with Crippen molar-refractivity contribution in [3.8, 4) is 22.6 Å². The Morgan fingerprint density at radius 2 is 1.80 bits per heavy atom. The first-order valence-electron chi connectivity index (χ1n) is 11.5. The minimum absolute atomic E-state index is 0.171. The number of amides is 1. The number of benzene rings is 2. The maximum atomic E-state index is 13.1. The number of anilines is 1. The van der Waals surface area contributed by atoms with Crippen molar-refractivity contribution >= 4 is 17.6 Å². The highest BCUT2D eigenvalue weighted by atomic mass is 16.5. The van der Waals surface area contributed by atoms with Crippen molar-refractivity contribution in [3.63, 3.8) is 0 Å². The Kier molecular flexibility index (Phi) is 7.50. The van der Waals surface area contributed by atoms with E-state index in [2.05, 4.69) is 10.3 Å². The number of carboxylic acid groups (broad SMARTS) is 1. The van der Waals surface area contributed by atoms with E-state index in [1.54, 1.807) is 26.6 Å². The van der Waals surface area contributed by atoms with E-state index in [1.165, 1.54) is 0 Å². The van der Waals surface area contributed by atoms with E-state index < -0.39 is 18.1 Å². The van der Waals surface area contributed by atoms with Crippen LogP contribution >= 0.6 is 0 Å². The molecule has 2 N–H and O–H groups in total. The van der Waals surface area contributed by atoms with E-state index in [4.69, 9.17) is 9.47 Å². The molecule has 1 saturated heterocycles. The van der Waals surface area contributed by atoms with Gasteiger partial charge in [0.05, 0.1) is 31.7 Å². The third kappa shape index (κ3) is 5.37. The molecule has 0 aliphatic carbocycles. The van der Waals surface area contributed by atoms with Gasteiger partial charge in [0.2, 0.25) is 5.91 Å². The number of pyridine rings is 1. The molecule has 8 nitrogen and oxygen atoms in total. The summed E-state index contributed by atoms with van der Waals surface area (Å²) in [6.07, 6.45) is 5.11. The third-order valence-corrected chi connectivity index (χ3v) is 6.26. The molecule has 0 unspecified atom stereocenters. The molecule has 4 rings (SSSR count). The quantitative estimate of drug-likeness (QED) is 0.488. The van der Waals surface area contributed by atoms with Crippen LogP contribution < -0.4 is 19.7 Å². The minimum atomic E-state index is -1.07. The summed E-state index contributed by atoms with van der Waals surface area (Å²) >= 11 is 0. The monoisotopic (exact) mass is 475 g/mol. The van der Waals surface area contributed by atoms with Crippen LogP contribution in [0, 0.1) is 0 Å². The Morgan fingerprint density at radius 3 is 2.40 bits per heavy atom. The zero-order valence-electron chi connectivity index (χ0n) is 19.8. The number of carboxylic acids is 1. The first-order valence-corrected chi connectivity index (χ1v) is 11.5. The lowest BCUT2D eigenvalue weighted by molar-refractivity contribution is -0.141. The van der Waals surface area contributed by atoms with Gasteiger partial charge in [0, 0.05) is 19.2 Å². The van der Waals surface area contributed by atoms with E-state index in [-0.39, 0.29) is 12.3 Å². The molecule has 1 aliphatic rings. The van der Waals surface area contributed by atoms with Crippen LogP contribution in [0.2, 0.25) is 0 Å². The second-order valence-electron chi connectivity index (χ2n) is 8.40. The predicted molar refractivity (Wildman–Crippen MR) is 133 cm³/mol. The molecule has 1 aliphatic heterocycles. The van der Waals surface area contributed by atoms with Crippen LogP contribution in [0.15, 0.2) is 67.0 Å². The van der Waals surface area contributed by atoms with Crippen molar-refractivity contribution in [2.24, 2.45) is 0 Å². The number of aliphatic carboxylic acids is 1. The second kappa shape index (κ2) is 10.9. The molecule has 1 fully saturated rings. The Morgan fingerprint density at radius 1 is 1.09 bits per heavy atom. The number of carbonyl (C=O) groups excluding carboxylic acids is 1. The normalized spacial score (nSPS) is 15.9. The summed E-state index contributed by atoms with van der Waals surface area (Å²) in [5.41, 5.74) is 3.37. The number of hydrogen-bond donors (Lipinski definition) is 2. The molecule has 8 heteroatoms. The topological polar surface area (TPSA) is 101 Å². The summed E-state index contributed by atoms with van der Waals surface area (Å²) in [6, 6.07) is 15.4. The summed E-state index contributed by atoms with van der Waals surface area (Å²) in [4.78, 5) is 31.2. The van der Waals surface area contributed by atoms with E-state index in [0.717, 1.165) is 35.3 Å².